The van der Waals surface area contributed by atoms with Gasteiger partial charge >= 0.3 is 0 Å². The molecular formula is C8H9BO. The Kier molecular flexibility index (Phi) is 1.90. The highest BCUT2D eigenvalue weighted by Crippen LogP contribution is 1.97. The standard InChI is InChI=1S/C8H9BO/c1-6-2-7(5-10)4-8(9)3-6/h2-5H,9H2,1H3. The summed E-state index contributed by atoms with van der Waals surface area (Å²) in [5.41, 5.74) is 3.04. The van der Waals surface area contributed by atoms with E-state index in [4.69, 9.17) is 0 Å². The third kappa shape index (κ3) is 1.47. The minimum atomic E-state index is 0.762. The molecule has 0 aliphatic heterocycles. The van der Waals surface area contributed by atoms with Crippen LogP contribution in [-0.2, 0) is 0 Å². The molecule has 0 amide bonds. The van der Waals surface area contributed by atoms with Crippen molar-refractivity contribution < 1.29 is 4.79 Å². The zero-order chi connectivity index (χ0) is 7.56. The summed E-state index contributed by atoms with van der Waals surface area (Å²) in [4.78, 5) is 10.3. The third-order valence-corrected chi connectivity index (χ3v) is 1.38. The van der Waals surface area contributed by atoms with Crippen molar-refractivity contribution in [3.63, 3.8) is 0 Å². The van der Waals surface area contributed by atoms with Crippen LogP contribution in [0, 0.1) is 6.92 Å². The zero-order valence-electron chi connectivity index (χ0n) is 6.22. The van der Waals surface area contributed by atoms with E-state index in [-0.39, 0.29) is 0 Å². The maximum absolute atomic E-state index is 10.3. The molecule has 2 heteroatoms. The number of aryl methyl sites for hydroxylation is 1. The average molecular weight is 132 g/mol. The Balaban J connectivity index is 3.18. The highest BCUT2D eigenvalue weighted by molar-refractivity contribution is 6.32. The van der Waals surface area contributed by atoms with E-state index in [0.717, 1.165) is 22.9 Å². The quantitative estimate of drug-likeness (QED) is 0.390. The van der Waals surface area contributed by atoms with Crippen molar-refractivity contribution >= 4 is 19.6 Å². The number of carbonyl (C=O) groups is 1. The molecule has 0 heterocycles. The Labute approximate surface area is 61.5 Å². The van der Waals surface area contributed by atoms with Gasteiger partial charge in [0.1, 0.15) is 14.1 Å². The summed E-state index contributed by atoms with van der Waals surface area (Å²) in [6.45, 7) is 1.99. The molecule has 10 heavy (non-hydrogen) atoms. The summed E-state index contributed by atoms with van der Waals surface area (Å²) >= 11 is 0. The first-order valence-electron chi connectivity index (χ1n) is 3.26. The SMILES string of the molecule is Bc1cc(C)cc(C=O)c1. The Morgan fingerprint density at radius 3 is 2.60 bits per heavy atom. The lowest BCUT2D eigenvalue weighted by atomic mass is 9.93. The Morgan fingerprint density at radius 1 is 1.40 bits per heavy atom. The second-order valence-electron chi connectivity index (χ2n) is 2.54. The van der Waals surface area contributed by atoms with Crippen molar-refractivity contribution in [3.8, 4) is 0 Å². The van der Waals surface area contributed by atoms with E-state index in [0.29, 0.717) is 0 Å². The zero-order valence-corrected chi connectivity index (χ0v) is 6.22. The maximum atomic E-state index is 10.3. The van der Waals surface area contributed by atoms with Crippen LogP contribution in [0.1, 0.15) is 15.9 Å². The maximum Gasteiger partial charge on any atom is 0.150 e. The lowest BCUT2D eigenvalue weighted by Gasteiger charge is -1.96. The second-order valence-corrected chi connectivity index (χ2v) is 2.54. The van der Waals surface area contributed by atoms with Gasteiger partial charge in [0.25, 0.3) is 0 Å². The third-order valence-electron chi connectivity index (χ3n) is 1.38. The molecule has 0 aliphatic carbocycles. The van der Waals surface area contributed by atoms with Crippen LogP contribution in [0.5, 0.6) is 0 Å². The average Bonchev–Trinajstić information content (AvgIpc) is 1.85. The molecule has 0 N–H and O–H groups in total. The van der Waals surface area contributed by atoms with Gasteiger partial charge in [-0.05, 0) is 13.0 Å². The van der Waals surface area contributed by atoms with Crippen LogP contribution in [0.4, 0.5) is 0 Å². The van der Waals surface area contributed by atoms with Gasteiger partial charge in [0.05, 0.1) is 0 Å². The summed E-state index contributed by atoms with van der Waals surface area (Å²) in [6.07, 6.45) is 0.875. The molecule has 1 aromatic carbocycles. The van der Waals surface area contributed by atoms with Crippen LogP contribution >= 0.6 is 0 Å². The monoisotopic (exact) mass is 132 g/mol. The highest BCUT2D eigenvalue weighted by Gasteiger charge is 1.91. The first-order valence-corrected chi connectivity index (χ1v) is 3.26. The normalized spacial score (nSPS) is 9.30. The van der Waals surface area contributed by atoms with Crippen molar-refractivity contribution in [1.82, 2.24) is 0 Å². The van der Waals surface area contributed by atoms with Crippen LogP contribution in [0.3, 0.4) is 0 Å². The van der Waals surface area contributed by atoms with Crippen molar-refractivity contribution in [3.05, 3.63) is 29.3 Å². The van der Waals surface area contributed by atoms with E-state index in [1.807, 2.05) is 33.0 Å². The molecule has 0 aliphatic rings. The van der Waals surface area contributed by atoms with Crippen LogP contribution in [0.15, 0.2) is 18.2 Å². The summed E-state index contributed by atoms with van der Waals surface area (Å²) in [5.74, 6) is 0. The van der Waals surface area contributed by atoms with Crippen molar-refractivity contribution in [2.24, 2.45) is 0 Å². The lowest BCUT2D eigenvalue weighted by molar-refractivity contribution is 0.112. The Hall–Kier alpha value is -1.05. The number of benzene rings is 1. The number of hydrogen-bond donors (Lipinski definition) is 0. The smallest absolute Gasteiger partial charge is 0.150 e. The summed E-state index contributed by atoms with van der Waals surface area (Å²) < 4.78 is 0. The first-order chi connectivity index (χ1) is 4.72. The molecule has 1 nitrogen and oxygen atoms in total. The van der Waals surface area contributed by atoms with Crippen LogP contribution < -0.4 is 5.46 Å². The number of carbonyl (C=O) groups excluding carboxylic acids is 1. The molecule has 0 unspecified atom stereocenters. The Bertz CT molecular complexity index is 235. The van der Waals surface area contributed by atoms with Gasteiger partial charge in [-0.1, -0.05) is 23.2 Å². The molecule has 0 saturated heterocycles. The van der Waals surface area contributed by atoms with Crippen molar-refractivity contribution in [1.29, 1.82) is 0 Å². The van der Waals surface area contributed by atoms with Gasteiger partial charge < -0.3 is 0 Å². The van der Waals surface area contributed by atoms with E-state index >= 15 is 0 Å². The summed E-state index contributed by atoms with van der Waals surface area (Å²) in [7, 11) is 1.99. The summed E-state index contributed by atoms with van der Waals surface area (Å²) in [6, 6.07) is 5.80. The highest BCUT2D eigenvalue weighted by atomic mass is 16.1. The molecule has 0 aromatic heterocycles. The molecule has 0 fully saturated rings. The van der Waals surface area contributed by atoms with E-state index in [9.17, 15) is 4.79 Å². The topological polar surface area (TPSA) is 17.1 Å². The minimum Gasteiger partial charge on any atom is -0.298 e. The van der Waals surface area contributed by atoms with Crippen molar-refractivity contribution in [2.45, 2.75) is 6.92 Å². The predicted molar refractivity (Wildman–Crippen MR) is 44.7 cm³/mol. The van der Waals surface area contributed by atoms with E-state index < -0.39 is 0 Å². The number of aldehydes is 1. The fraction of sp³-hybridized carbons (Fsp3) is 0.125. The molecule has 0 saturated carbocycles. The van der Waals surface area contributed by atoms with E-state index in [2.05, 4.69) is 0 Å². The molecule has 0 atom stereocenters. The minimum absolute atomic E-state index is 0.762. The van der Waals surface area contributed by atoms with Crippen LogP contribution in [0.25, 0.3) is 0 Å². The summed E-state index contributed by atoms with van der Waals surface area (Å²) in [5, 5.41) is 0. The van der Waals surface area contributed by atoms with Gasteiger partial charge in [0.15, 0.2) is 0 Å². The van der Waals surface area contributed by atoms with Crippen LogP contribution in [-0.4, -0.2) is 14.1 Å². The molecule has 1 aromatic rings. The molecule has 0 spiro atoms. The fourth-order valence-corrected chi connectivity index (χ4v) is 1.08. The van der Waals surface area contributed by atoms with E-state index in [1.54, 1.807) is 0 Å². The first kappa shape index (κ1) is 7.07. The predicted octanol–water partition coefficient (Wildman–Crippen LogP) is 0.0659. The van der Waals surface area contributed by atoms with Crippen molar-refractivity contribution in [2.75, 3.05) is 0 Å². The molecular weight excluding hydrogens is 123 g/mol. The molecule has 0 bridgehead atoms. The van der Waals surface area contributed by atoms with Gasteiger partial charge in [0, 0.05) is 5.56 Å². The second kappa shape index (κ2) is 2.69. The van der Waals surface area contributed by atoms with E-state index in [1.165, 1.54) is 0 Å². The molecule has 1 rings (SSSR count). The number of rotatable bonds is 1. The Morgan fingerprint density at radius 2 is 2.10 bits per heavy atom. The fourth-order valence-electron chi connectivity index (χ4n) is 1.08. The lowest BCUT2D eigenvalue weighted by Crippen LogP contribution is -2.03. The number of hydrogen-bond acceptors (Lipinski definition) is 1. The van der Waals surface area contributed by atoms with Gasteiger partial charge in [-0.15, -0.1) is 0 Å². The van der Waals surface area contributed by atoms with Gasteiger partial charge in [-0.25, -0.2) is 0 Å². The van der Waals surface area contributed by atoms with Gasteiger partial charge in [-0.3, -0.25) is 4.79 Å². The van der Waals surface area contributed by atoms with Gasteiger partial charge in [-0.2, -0.15) is 0 Å². The van der Waals surface area contributed by atoms with Gasteiger partial charge in [0.2, 0.25) is 0 Å². The molecule has 0 radical (unpaired) electrons. The molecule has 50 valence electrons. The van der Waals surface area contributed by atoms with Crippen LogP contribution in [0.2, 0.25) is 0 Å². The largest absolute Gasteiger partial charge is 0.298 e.